The Morgan fingerprint density at radius 1 is 1.62 bits per heavy atom. The smallest absolute Gasteiger partial charge is 0.150 e. The Kier molecular flexibility index (Phi) is 4.09. The highest BCUT2D eigenvalue weighted by Crippen LogP contribution is 2.18. The van der Waals surface area contributed by atoms with E-state index < -0.39 is 0 Å². The molecule has 0 radical (unpaired) electrons. The Morgan fingerprint density at radius 2 is 2.31 bits per heavy atom. The van der Waals surface area contributed by atoms with Crippen LogP contribution in [0.4, 0.5) is 11.5 Å². The summed E-state index contributed by atoms with van der Waals surface area (Å²) < 4.78 is 0. The van der Waals surface area contributed by atoms with Gasteiger partial charge < -0.3 is 16.0 Å². The van der Waals surface area contributed by atoms with E-state index in [0.29, 0.717) is 23.1 Å². The summed E-state index contributed by atoms with van der Waals surface area (Å²) in [5, 5.41) is 12.0. The molecule has 0 aromatic carbocycles. The van der Waals surface area contributed by atoms with Gasteiger partial charge in [0, 0.05) is 18.8 Å². The van der Waals surface area contributed by atoms with Crippen LogP contribution in [0, 0.1) is 11.3 Å². The van der Waals surface area contributed by atoms with Gasteiger partial charge in [-0.25, -0.2) is 4.98 Å². The van der Waals surface area contributed by atoms with E-state index in [2.05, 4.69) is 22.1 Å². The third-order valence-electron chi connectivity index (χ3n) is 2.56. The molecule has 1 rings (SSSR count). The van der Waals surface area contributed by atoms with Crippen LogP contribution in [0.3, 0.4) is 0 Å². The summed E-state index contributed by atoms with van der Waals surface area (Å²) in [5.74, 6) is 0.577. The zero-order valence-electron chi connectivity index (χ0n) is 9.86. The van der Waals surface area contributed by atoms with Crippen molar-refractivity contribution in [2.24, 2.45) is 0 Å². The fourth-order valence-electron chi connectivity index (χ4n) is 1.14. The molecule has 0 aliphatic heterocycles. The summed E-state index contributed by atoms with van der Waals surface area (Å²) in [6, 6.07) is 4.01. The lowest BCUT2D eigenvalue weighted by atomic mass is 10.2. The summed E-state index contributed by atoms with van der Waals surface area (Å²) in [6.07, 6.45) is 1.58. The highest BCUT2D eigenvalue weighted by molar-refractivity contribution is 5.68. The second-order valence-electron chi connectivity index (χ2n) is 3.93. The molecule has 0 amide bonds. The predicted octanol–water partition coefficient (Wildman–Crippen LogP) is 0.897. The Labute approximate surface area is 95.9 Å². The van der Waals surface area contributed by atoms with Crippen molar-refractivity contribution in [3.05, 3.63) is 17.8 Å². The molecule has 0 bridgehead atoms. The molecule has 0 saturated carbocycles. The van der Waals surface area contributed by atoms with E-state index in [1.54, 1.807) is 12.3 Å². The number of aromatic nitrogens is 1. The first-order valence-electron chi connectivity index (χ1n) is 5.11. The van der Waals surface area contributed by atoms with Gasteiger partial charge in [-0.15, -0.1) is 0 Å². The second-order valence-corrected chi connectivity index (χ2v) is 3.93. The average Bonchev–Trinajstić information content (AvgIpc) is 2.27. The number of nitrogen functional groups attached to an aromatic ring is 1. The van der Waals surface area contributed by atoms with Gasteiger partial charge in [0.2, 0.25) is 0 Å². The molecule has 1 aromatic rings. The van der Waals surface area contributed by atoms with Gasteiger partial charge in [-0.2, -0.15) is 5.26 Å². The van der Waals surface area contributed by atoms with Crippen molar-refractivity contribution in [2.45, 2.75) is 13.0 Å². The fraction of sp³-hybridized carbons (Fsp3) is 0.455. The van der Waals surface area contributed by atoms with Gasteiger partial charge in [0.05, 0.1) is 11.3 Å². The van der Waals surface area contributed by atoms with Crippen molar-refractivity contribution >= 4 is 11.5 Å². The Morgan fingerprint density at radius 3 is 2.88 bits per heavy atom. The summed E-state index contributed by atoms with van der Waals surface area (Å²) in [6.45, 7) is 2.83. The van der Waals surface area contributed by atoms with Crippen molar-refractivity contribution in [1.29, 1.82) is 5.26 Å². The molecule has 1 heterocycles. The molecular formula is C11H17N5. The molecule has 1 atom stereocenters. The first kappa shape index (κ1) is 12.3. The van der Waals surface area contributed by atoms with Crippen molar-refractivity contribution in [1.82, 2.24) is 9.88 Å². The van der Waals surface area contributed by atoms with E-state index >= 15 is 0 Å². The topological polar surface area (TPSA) is 78.0 Å². The lowest BCUT2D eigenvalue weighted by molar-refractivity contribution is 0.326. The van der Waals surface area contributed by atoms with Crippen LogP contribution < -0.4 is 11.1 Å². The van der Waals surface area contributed by atoms with Crippen LogP contribution in [0.2, 0.25) is 0 Å². The SMILES string of the molecule is CC(CNc1nccc(C#N)c1N)N(C)C. The normalized spacial score (nSPS) is 12.2. The van der Waals surface area contributed by atoms with E-state index in [1.807, 2.05) is 20.2 Å². The fourth-order valence-corrected chi connectivity index (χ4v) is 1.14. The zero-order valence-corrected chi connectivity index (χ0v) is 9.86. The molecule has 1 unspecified atom stereocenters. The van der Waals surface area contributed by atoms with Gasteiger partial charge in [0.25, 0.3) is 0 Å². The van der Waals surface area contributed by atoms with E-state index in [0.717, 1.165) is 6.54 Å². The number of likely N-dealkylation sites (N-methyl/N-ethyl adjacent to an activating group) is 1. The predicted molar refractivity (Wildman–Crippen MR) is 65.0 cm³/mol. The Hall–Kier alpha value is -1.80. The van der Waals surface area contributed by atoms with Gasteiger partial charge in [-0.3, -0.25) is 0 Å². The quantitative estimate of drug-likeness (QED) is 0.786. The molecule has 5 heteroatoms. The minimum absolute atomic E-state index is 0.368. The van der Waals surface area contributed by atoms with Crippen molar-refractivity contribution in [2.75, 3.05) is 31.7 Å². The number of pyridine rings is 1. The van der Waals surface area contributed by atoms with E-state index in [9.17, 15) is 0 Å². The largest absolute Gasteiger partial charge is 0.395 e. The summed E-state index contributed by atoms with van der Waals surface area (Å²) in [4.78, 5) is 6.21. The molecular weight excluding hydrogens is 202 g/mol. The third-order valence-corrected chi connectivity index (χ3v) is 2.56. The van der Waals surface area contributed by atoms with Crippen molar-refractivity contribution < 1.29 is 0 Å². The number of nitrogens with one attached hydrogen (secondary N) is 1. The molecule has 0 aliphatic rings. The van der Waals surface area contributed by atoms with Crippen LogP contribution in [0.1, 0.15) is 12.5 Å². The van der Waals surface area contributed by atoms with Gasteiger partial charge in [0.15, 0.2) is 5.82 Å². The van der Waals surface area contributed by atoms with Gasteiger partial charge in [0.1, 0.15) is 6.07 Å². The second kappa shape index (κ2) is 5.33. The number of hydrogen-bond acceptors (Lipinski definition) is 5. The maximum atomic E-state index is 8.81. The zero-order chi connectivity index (χ0) is 12.1. The molecule has 0 spiro atoms. The van der Waals surface area contributed by atoms with E-state index in [1.165, 1.54) is 0 Å². The van der Waals surface area contributed by atoms with E-state index in [4.69, 9.17) is 11.0 Å². The molecule has 0 saturated heterocycles. The highest BCUT2D eigenvalue weighted by Gasteiger charge is 2.08. The average molecular weight is 219 g/mol. The molecule has 16 heavy (non-hydrogen) atoms. The maximum Gasteiger partial charge on any atom is 0.150 e. The van der Waals surface area contributed by atoms with Crippen LogP contribution in [0.5, 0.6) is 0 Å². The highest BCUT2D eigenvalue weighted by atomic mass is 15.1. The van der Waals surface area contributed by atoms with Crippen LogP contribution in [-0.2, 0) is 0 Å². The number of anilines is 2. The minimum Gasteiger partial charge on any atom is -0.395 e. The first-order valence-corrected chi connectivity index (χ1v) is 5.11. The van der Waals surface area contributed by atoms with Crippen LogP contribution in [0.15, 0.2) is 12.3 Å². The van der Waals surface area contributed by atoms with Crippen molar-refractivity contribution in [3.8, 4) is 6.07 Å². The monoisotopic (exact) mass is 219 g/mol. The summed E-state index contributed by atoms with van der Waals surface area (Å²) in [5.41, 5.74) is 6.66. The van der Waals surface area contributed by atoms with E-state index in [-0.39, 0.29) is 0 Å². The lowest BCUT2D eigenvalue weighted by Crippen LogP contribution is -2.31. The van der Waals surface area contributed by atoms with Crippen LogP contribution in [-0.4, -0.2) is 36.6 Å². The standard InChI is InChI=1S/C11H17N5/c1-8(16(2)3)7-15-11-10(13)9(6-12)4-5-14-11/h4-5,8H,7,13H2,1-3H3,(H,14,15). The van der Waals surface area contributed by atoms with Gasteiger partial charge in [-0.05, 0) is 27.1 Å². The molecule has 3 N–H and O–H groups in total. The molecule has 86 valence electrons. The Balaban J connectivity index is 2.72. The van der Waals surface area contributed by atoms with Crippen LogP contribution in [0.25, 0.3) is 0 Å². The number of nitriles is 1. The molecule has 5 nitrogen and oxygen atoms in total. The minimum atomic E-state index is 0.368. The third kappa shape index (κ3) is 2.84. The number of nitrogens with two attached hydrogens (primary N) is 1. The van der Waals surface area contributed by atoms with Gasteiger partial charge >= 0.3 is 0 Å². The lowest BCUT2D eigenvalue weighted by Gasteiger charge is -2.20. The van der Waals surface area contributed by atoms with Gasteiger partial charge in [-0.1, -0.05) is 0 Å². The molecule has 0 fully saturated rings. The number of rotatable bonds is 4. The molecule has 0 aliphatic carbocycles. The number of hydrogen-bond donors (Lipinski definition) is 2. The van der Waals surface area contributed by atoms with Crippen LogP contribution >= 0.6 is 0 Å². The first-order chi connectivity index (χ1) is 7.56. The number of nitrogens with zero attached hydrogens (tertiary/aromatic N) is 3. The summed E-state index contributed by atoms with van der Waals surface area (Å²) in [7, 11) is 4.02. The maximum absolute atomic E-state index is 8.81. The molecule has 1 aromatic heterocycles. The summed E-state index contributed by atoms with van der Waals surface area (Å²) >= 11 is 0. The Bertz CT molecular complexity index is 394. The van der Waals surface area contributed by atoms with Crippen molar-refractivity contribution in [3.63, 3.8) is 0 Å².